The number of nitrogens with zero attached hydrogens (tertiary/aromatic N) is 5. The molecule has 1 fully saturated rings. The van der Waals surface area contributed by atoms with Gasteiger partial charge in [-0.15, -0.1) is 5.10 Å². The zero-order valence-electron chi connectivity index (χ0n) is 22.7. The molecule has 0 bridgehead atoms. The number of hydrogen-bond donors (Lipinski definition) is 1. The lowest BCUT2D eigenvalue weighted by Gasteiger charge is -2.42. The van der Waals surface area contributed by atoms with Gasteiger partial charge < -0.3 is 14.7 Å². The minimum absolute atomic E-state index is 0.0684. The molecule has 212 valence electrons. The van der Waals surface area contributed by atoms with Crippen LogP contribution in [0.5, 0.6) is 5.75 Å². The summed E-state index contributed by atoms with van der Waals surface area (Å²) in [5.74, 6) is -2.96. The van der Waals surface area contributed by atoms with Crippen LogP contribution in [0.3, 0.4) is 0 Å². The molecule has 41 heavy (non-hydrogen) atoms. The average molecular weight is 558 g/mol. The number of aliphatic carboxylic acids is 1. The molecule has 0 saturated heterocycles. The Morgan fingerprint density at radius 3 is 2.37 bits per heavy atom. The molecular formula is C30H31N5O6. The van der Waals surface area contributed by atoms with E-state index in [4.69, 9.17) is 4.74 Å². The van der Waals surface area contributed by atoms with Crippen LogP contribution in [0.4, 0.5) is 0 Å². The minimum Gasteiger partial charge on any atom is -0.487 e. The molecule has 1 N–H and O–H groups in total. The van der Waals surface area contributed by atoms with Crippen LogP contribution in [0.1, 0.15) is 69.3 Å². The van der Waals surface area contributed by atoms with Gasteiger partial charge in [-0.05, 0) is 43.0 Å². The molecule has 3 aliphatic rings. The lowest BCUT2D eigenvalue weighted by atomic mass is 9.77. The molecule has 0 spiro atoms. The molecule has 3 aromatic rings. The van der Waals surface area contributed by atoms with Gasteiger partial charge in [-0.3, -0.25) is 28.8 Å². The van der Waals surface area contributed by atoms with E-state index in [1.807, 2.05) is 12.1 Å². The molecule has 2 unspecified atom stereocenters. The maximum Gasteiger partial charge on any atom is 0.307 e. The van der Waals surface area contributed by atoms with Crippen molar-refractivity contribution in [1.29, 1.82) is 0 Å². The van der Waals surface area contributed by atoms with Gasteiger partial charge in [0, 0.05) is 19.2 Å². The molecule has 0 radical (unpaired) electrons. The predicted molar refractivity (Wildman–Crippen MR) is 145 cm³/mol. The zero-order chi connectivity index (χ0) is 28.7. The highest BCUT2D eigenvalue weighted by Crippen LogP contribution is 2.41. The Labute approximate surface area is 236 Å². The first-order chi connectivity index (χ1) is 19.8. The van der Waals surface area contributed by atoms with Crippen LogP contribution in [0, 0.1) is 11.8 Å². The van der Waals surface area contributed by atoms with Gasteiger partial charge in [0.15, 0.2) is 0 Å². The maximum absolute atomic E-state index is 14.1. The number of carboxylic acid groups (broad SMARTS) is 1. The summed E-state index contributed by atoms with van der Waals surface area (Å²) in [5, 5.41) is 17.9. The quantitative estimate of drug-likeness (QED) is 0.438. The summed E-state index contributed by atoms with van der Waals surface area (Å²) >= 11 is 0. The number of aromatic nitrogens is 3. The molecule has 6 rings (SSSR count). The van der Waals surface area contributed by atoms with Crippen molar-refractivity contribution in [2.45, 2.75) is 44.8 Å². The first-order valence-corrected chi connectivity index (χ1v) is 13.9. The van der Waals surface area contributed by atoms with Crippen molar-refractivity contribution in [3.05, 3.63) is 76.6 Å². The Balaban J connectivity index is 1.38. The molecule has 1 aromatic heterocycles. The van der Waals surface area contributed by atoms with Crippen LogP contribution in [0.25, 0.3) is 0 Å². The summed E-state index contributed by atoms with van der Waals surface area (Å²) in [6.07, 6.45) is 4.76. The minimum atomic E-state index is -0.967. The van der Waals surface area contributed by atoms with Gasteiger partial charge >= 0.3 is 5.97 Å². The van der Waals surface area contributed by atoms with Crippen molar-refractivity contribution in [1.82, 2.24) is 24.8 Å². The van der Waals surface area contributed by atoms with Gasteiger partial charge in [0.05, 0.1) is 41.7 Å². The summed E-state index contributed by atoms with van der Waals surface area (Å²) in [4.78, 5) is 55.9. The van der Waals surface area contributed by atoms with E-state index in [9.17, 15) is 24.3 Å². The lowest BCUT2D eigenvalue weighted by Crippen LogP contribution is -2.50. The Bertz CT molecular complexity index is 1500. The van der Waals surface area contributed by atoms with Gasteiger partial charge in [-0.2, -0.15) is 0 Å². The second-order valence-corrected chi connectivity index (χ2v) is 10.9. The highest BCUT2D eigenvalue weighted by atomic mass is 16.5. The van der Waals surface area contributed by atoms with Crippen LogP contribution in [-0.2, 0) is 29.7 Å². The van der Waals surface area contributed by atoms with Gasteiger partial charge in [-0.25, -0.2) is 0 Å². The molecule has 3 atom stereocenters. The first kappa shape index (κ1) is 26.7. The number of carbonyl (C=O) groups is 4. The van der Waals surface area contributed by atoms with Crippen LogP contribution in [-0.4, -0.2) is 66.7 Å². The van der Waals surface area contributed by atoms with E-state index in [-0.39, 0.29) is 19.1 Å². The molecule has 11 nitrogen and oxygen atoms in total. The number of carboxylic acids is 1. The number of ether oxygens (including phenoxy) is 1. The van der Waals surface area contributed by atoms with Gasteiger partial charge in [0.25, 0.3) is 11.8 Å². The third-order valence-electron chi connectivity index (χ3n) is 8.43. The number of fused-ring (bicyclic) bond motifs is 2. The van der Waals surface area contributed by atoms with Gasteiger partial charge in [0.2, 0.25) is 5.91 Å². The van der Waals surface area contributed by atoms with Crippen LogP contribution in [0.2, 0.25) is 0 Å². The van der Waals surface area contributed by atoms with E-state index < -0.39 is 35.7 Å². The summed E-state index contributed by atoms with van der Waals surface area (Å²) in [5.41, 5.74) is 2.95. The maximum atomic E-state index is 14.1. The predicted octanol–water partition coefficient (Wildman–Crippen LogP) is 3.01. The van der Waals surface area contributed by atoms with Crippen molar-refractivity contribution >= 4 is 23.7 Å². The van der Waals surface area contributed by atoms with E-state index in [1.54, 1.807) is 53.2 Å². The van der Waals surface area contributed by atoms with Gasteiger partial charge in [0.1, 0.15) is 18.1 Å². The Morgan fingerprint density at radius 2 is 1.71 bits per heavy atom. The Kier molecular flexibility index (Phi) is 7.02. The fraction of sp³-hybridized carbons (Fsp3) is 0.400. The fourth-order valence-electron chi connectivity index (χ4n) is 6.44. The molecule has 1 saturated carbocycles. The Hall–Kier alpha value is -4.54. The highest BCUT2D eigenvalue weighted by Gasteiger charge is 2.45. The van der Waals surface area contributed by atoms with Crippen LogP contribution in [0.15, 0.2) is 48.7 Å². The third-order valence-corrected chi connectivity index (χ3v) is 8.43. The summed E-state index contributed by atoms with van der Waals surface area (Å²) < 4.78 is 7.79. The molecule has 1 aliphatic carbocycles. The molecule has 11 heteroatoms. The fourth-order valence-corrected chi connectivity index (χ4v) is 6.44. The van der Waals surface area contributed by atoms with E-state index in [1.165, 1.54) is 4.90 Å². The molecule has 3 amide bonds. The standard InChI is InChI=1S/C30H31N5O6/c1-33-15-19(31-32-33)17-41-25-12-6-7-18-13-14-34(27(36)22-10-4-5-11-23(22)30(39)40)24(26(18)25)16-35-28(37)20-8-2-3-9-21(20)29(35)38/h2-3,6-9,12,15,22-24H,4-5,10-11,13-14,16-17H2,1H3,(H,39,40)/t22?,23?,24-/m1/s1. The normalized spacial score (nSPS) is 21.9. The number of amides is 3. The molecule has 3 heterocycles. The van der Waals surface area contributed by atoms with Crippen LogP contribution < -0.4 is 4.74 Å². The van der Waals surface area contributed by atoms with Crippen molar-refractivity contribution < 1.29 is 29.0 Å². The second-order valence-electron chi connectivity index (χ2n) is 10.9. The molecular weight excluding hydrogens is 526 g/mol. The SMILES string of the molecule is Cn1cc(COc2cccc3c2[C@@H](CN2C(=O)c4ccccc4C2=O)N(C(=O)C2CCCCC2C(=O)O)CC3)nn1. The number of aryl methyl sites for hydroxylation is 1. The summed E-state index contributed by atoms with van der Waals surface area (Å²) in [7, 11) is 1.76. The molecule has 2 aromatic carbocycles. The van der Waals surface area contributed by atoms with E-state index in [0.29, 0.717) is 48.4 Å². The molecule has 2 aliphatic heterocycles. The summed E-state index contributed by atoms with van der Waals surface area (Å²) in [6, 6.07) is 11.6. The second kappa shape index (κ2) is 10.8. The van der Waals surface area contributed by atoms with Gasteiger partial charge in [-0.1, -0.05) is 42.3 Å². The third kappa shape index (κ3) is 4.85. The number of hydrogen-bond acceptors (Lipinski definition) is 7. The number of benzene rings is 2. The highest BCUT2D eigenvalue weighted by molar-refractivity contribution is 6.21. The Morgan fingerprint density at radius 1 is 1.00 bits per heavy atom. The average Bonchev–Trinajstić information content (AvgIpc) is 3.51. The number of carbonyl (C=O) groups excluding carboxylic acids is 3. The van der Waals surface area contributed by atoms with Crippen molar-refractivity contribution in [3.8, 4) is 5.75 Å². The van der Waals surface area contributed by atoms with Crippen molar-refractivity contribution in [3.63, 3.8) is 0 Å². The topological polar surface area (TPSA) is 135 Å². The first-order valence-electron chi connectivity index (χ1n) is 13.9. The smallest absolute Gasteiger partial charge is 0.307 e. The number of rotatable bonds is 7. The largest absolute Gasteiger partial charge is 0.487 e. The summed E-state index contributed by atoms with van der Waals surface area (Å²) in [6.45, 7) is 0.416. The number of imide groups is 1. The lowest BCUT2D eigenvalue weighted by molar-refractivity contribution is -0.153. The monoisotopic (exact) mass is 557 g/mol. The van der Waals surface area contributed by atoms with Crippen molar-refractivity contribution in [2.24, 2.45) is 18.9 Å². The van der Waals surface area contributed by atoms with E-state index >= 15 is 0 Å². The zero-order valence-corrected chi connectivity index (χ0v) is 22.7. The van der Waals surface area contributed by atoms with E-state index in [0.717, 1.165) is 24.0 Å². The van der Waals surface area contributed by atoms with Crippen LogP contribution >= 0.6 is 0 Å². The van der Waals surface area contributed by atoms with E-state index in [2.05, 4.69) is 10.3 Å². The van der Waals surface area contributed by atoms with Crippen molar-refractivity contribution in [2.75, 3.05) is 13.1 Å².